The highest BCUT2D eigenvalue weighted by Crippen LogP contribution is 2.53. The molecular formula is C58H35BO2. The van der Waals surface area contributed by atoms with E-state index in [4.69, 9.17) is 9.47 Å². The van der Waals surface area contributed by atoms with Crippen molar-refractivity contribution in [1.29, 1.82) is 0 Å². The van der Waals surface area contributed by atoms with Crippen LogP contribution in [0.2, 0.25) is 0 Å². The normalized spacial score (nSPS) is 12.5. The van der Waals surface area contributed by atoms with Gasteiger partial charge < -0.3 is 9.47 Å². The Balaban J connectivity index is 1.23. The Morgan fingerprint density at radius 2 is 0.574 bits per heavy atom. The summed E-state index contributed by atoms with van der Waals surface area (Å²) in [6.07, 6.45) is 0. The predicted molar refractivity (Wildman–Crippen MR) is 256 cm³/mol. The van der Waals surface area contributed by atoms with Crippen molar-refractivity contribution < 1.29 is 9.47 Å². The lowest BCUT2D eigenvalue weighted by Gasteiger charge is -2.36. The zero-order chi connectivity index (χ0) is 40.0. The molecule has 0 spiro atoms. The molecule has 0 radical (unpaired) electrons. The summed E-state index contributed by atoms with van der Waals surface area (Å²) in [5, 5.41) is 9.50. The number of rotatable bonds is 4. The van der Waals surface area contributed by atoms with E-state index in [1.807, 2.05) is 0 Å². The van der Waals surface area contributed by atoms with Gasteiger partial charge in [-0.05, 0) is 94.5 Å². The van der Waals surface area contributed by atoms with Crippen molar-refractivity contribution in [3.63, 3.8) is 0 Å². The average molecular weight is 775 g/mol. The molecule has 0 bridgehead atoms. The van der Waals surface area contributed by atoms with E-state index < -0.39 is 0 Å². The van der Waals surface area contributed by atoms with Crippen molar-refractivity contribution in [3.05, 3.63) is 212 Å². The molecule has 2 nitrogen and oxygen atoms in total. The lowest BCUT2D eigenvalue weighted by atomic mass is 9.34. The van der Waals surface area contributed by atoms with Gasteiger partial charge in [-0.1, -0.05) is 194 Å². The van der Waals surface area contributed by atoms with Crippen molar-refractivity contribution in [3.8, 4) is 67.5 Å². The van der Waals surface area contributed by atoms with Crippen LogP contribution in [0, 0.1) is 0 Å². The van der Waals surface area contributed by atoms with Gasteiger partial charge in [0.25, 0.3) is 6.71 Å². The summed E-state index contributed by atoms with van der Waals surface area (Å²) >= 11 is 0. The zero-order valence-corrected chi connectivity index (χ0v) is 33.1. The van der Waals surface area contributed by atoms with Gasteiger partial charge in [0.05, 0.1) is 0 Å². The van der Waals surface area contributed by atoms with Crippen molar-refractivity contribution >= 4 is 66.2 Å². The smallest absolute Gasteiger partial charge is 0.260 e. The lowest BCUT2D eigenvalue weighted by Crippen LogP contribution is -2.57. The largest absolute Gasteiger partial charge is 0.458 e. The molecule has 61 heavy (non-hydrogen) atoms. The molecule has 2 aliphatic rings. The minimum Gasteiger partial charge on any atom is -0.458 e. The van der Waals surface area contributed by atoms with Gasteiger partial charge in [0.1, 0.15) is 23.0 Å². The number of para-hydroxylation sites is 2. The van der Waals surface area contributed by atoms with Crippen molar-refractivity contribution in [2.45, 2.75) is 0 Å². The van der Waals surface area contributed by atoms with Crippen LogP contribution in [-0.2, 0) is 0 Å². The molecule has 0 atom stereocenters. The fourth-order valence-electron chi connectivity index (χ4n) is 10.5. The maximum absolute atomic E-state index is 7.30. The molecule has 0 aliphatic carbocycles. The van der Waals surface area contributed by atoms with Gasteiger partial charge in [0, 0.05) is 27.7 Å². The maximum atomic E-state index is 7.30. The van der Waals surface area contributed by atoms with Gasteiger partial charge in [-0.2, -0.15) is 0 Å². The Hall–Kier alpha value is -7.88. The monoisotopic (exact) mass is 774 g/mol. The summed E-state index contributed by atoms with van der Waals surface area (Å²) in [7, 11) is 0. The van der Waals surface area contributed by atoms with Crippen LogP contribution < -0.4 is 25.9 Å². The Morgan fingerprint density at radius 3 is 0.934 bits per heavy atom. The zero-order valence-electron chi connectivity index (χ0n) is 33.1. The Kier molecular flexibility index (Phi) is 7.43. The van der Waals surface area contributed by atoms with Crippen LogP contribution in [0.25, 0.3) is 87.6 Å². The minimum atomic E-state index is -0.110. The van der Waals surface area contributed by atoms with E-state index in [1.54, 1.807) is 0 Å². The molecular weight excluding hydrogens is 739 g/mol. The van der Waals surface area contributed by atoms with Crippen LogP contribution in [-0.4, -0.2) is 6.71 Å². The first-order valence-corrected chi connectivity index (χ1v) is 21.0. The summed E-state index contributed by atoms with van der Waals surface area (Å²) in [6, 6.07) is 76.7. The number of ether oxygens (including phenoxy) is 2. The van der Waals surface area contributed by atoms with Crippen LogP contribution in [0.15, 0.2) is 212 Å². The van der Waals surface area contributed by atoms with Crippen molar-refractivity contribution in [2.75, 3.05) is 0 Å². The van der Waals surface area contributed by atoms with Crippen LogP contribution in [0.5, 0.6) is 23.0 Å². The van der Waals surface area contributed by atoms with Gasteiger partial charge in [-0.15, -0.1) is 0 Å². The van der Waals surface area contributed by atoms with Crippen LogP contribution >= 0.6 is 0 Å². The van der Waals surface area contributed by atoms with Crippen LogP contribution in [0.3, 0.4) is 0 Å². The van der Waals surface area contributed by atoms with E-state index in [2.05, 4.69) is 212 Å². The topological polar surface area (TPSA) is 18.5 Å². The highest BCUT2D eigenvalue weighted by molar-refractivity contribution is 6.98. The highest BCUT2D eigenvalue weighted by atomic mass is 16.5. The number of hydrogen-bond acceptors (Lipinski definition) is 2. The number of benzene rings is 11. The van der Waals surface area contributed by atoms with Gasteiger partial charge in [0.2, 0.25) is 0 Å². The summed E-state index contributed by atoms with van der Waals surface area (Å²) in [6.45, 7) is -0.110. The number of hydrogen-bond donors (Lipinski definition) is 0. The molecule has 2 aliphatic heterocycles. The van der Waals surface area contributed by atoms with Crippen LogP contribution in [0.1, 0.15) is 0 Å². The summed E-state index contributed by atoms with van der Waals surface area (Å²) in [5.74, 6) is 3.42. The third kappa shape index (κ3) is 4.98. The van der Waals surface area contributed by atoms with E-state index >= 15 is 0 Å². The molecule has 0 saturated heterocycles. The van der Waals surface area contributed by atoms with Crippen LogP contribution in [0.4, 0.5) is 0 Å². The Labute approximate surface area is 354 Å². The van der Waals surface area contributed by atoms with Gasteiger partial charge >= 0.3 is 0 Å². The predicted octanol–water partition coefficient (Wildman–Crippen LogP) is 13.7. The second-order valence-corrected chi connectivity index (χ2v) is 16.2. The molecule has 0 fully saturated rings. The van der Waals surface area contributed by atoms with E-state index in [9.17, 15) is 0 Å². The summed E-state index contributed by atoms with van der Waals surface area (Å²) < 4.78 is 14.6. The molecule has 0 unspecified atom stereocenters. The molecule has 11 aromatic rings. The first-order chi connectivity index (χ1) is 30.3. The third-order valence-corrected chi connectivity index (χ3v) is 13.0. The van der Waals surface area contributed by atoms with Gasteiger partial charge in [-0.25, -0.2) is 0 Å². The standard InChI is InChI=1S/C58H35BO2/c1-3-19-36(20-4-1)52-38-23-7-11-27-42(38)54(43-28-12-8-24-39(43)52)46-35-47(58-56-57(46)60-50-33-17-15-31-48(50)59(56)49-32-16-18-34-51(49)61-58)55-44-29-13-9-25-40(44)53(37-21-5-2-6-22-37)41-26-10-14-30-45(41)55/h1-35H. The second kappa shape index (κ2) is 13.3. The van der Waals surface area contributed by atoms with E-state index in [1.165, 1.54) is 65.3 Å². The fraction of sp³-hybridized carbons (Fsp3) is 0. The first kappa shape index (κ1) is 34.0. The molecule has 11 aromatic carbocycles. The van der Waals surface area contributed by atoms with Crippen molar-refractivity contribution in [2.24, 2.45) is 0 Å². The first-order valence-electron chi connectivity index (χ1n) is 21.0. The highest BCUT2D eigenvalue weighted by Gasteiger charge is 2.43. The van der Waals surface area contributed by atoms with Gasteiger partial charge in [0.15, 0.2) is 0 Å². The molecule has 13 rings (SSSR count). The molecule has 0 saturated carbocycles. The molecule has 0 N–H and O–H groups in total. The van der Waals surface area contributed by atoms with E-state index in [0.717, 1.165) is 61.6 Å². The molecule has 282 valence electrons. The molecule has 0 amide bonds. The Morgan fingerprint density at radius 1 is 0.279 bits per heavy atom. The number of fused-ring (bicyclic) bond motifs is 8. The molecule has 0 aromatic heterocycles. The van der Waals surface area contributed by atoms with Gasteiger partial charge in [-0.3, -0.25) is 0 Å². The fourth-order valence-corrected chi connectivity index (χ4v) is 10.5. The maximum Gasteiger partial charge on any atom is 0.260 e. The lowest BCUT2D eigenvalue weighted by molar-refractivity contribution is 0.467. The SMILES string of the molecule is c1ccc(-c2c3ccccc3c(-c3cc(-c4c5ccccc5c(-c5ccccc5)c5ccccc45)c4c5c3Oc3ccccc3B5c3ccccc3O4)c3ccccc23)cc1. The average Bonchev–Trinajstić information content (AvgIpc) is 3.33. The van der Waals surface area contributed by atoms with E-state index in [0.29, 0.717) is 0 Å². The van der Waals surface area contributed by atoms with Crippen molar-refractivity contribution in [1.82, 2.24) is 0 Å². The minimum absolute atomic E-state index is 0.110. The second-order valence-electron chi connectivity index (χ2n) is 16.2. The summed E-state index contributed by atoms with van der Waals surface area (Å²) in [5.41, 5.74) is 12.6. The third-order valence-electron chi connectivity index (χ3n) is 13.0. The Bertz CT molecular complexity index is 3250. The summed E-state index contributed by atoms with van der Waals surface area (Å²) in [4.78, 5) is 0. The van der Waals surface area contributed by atoms with E-state index in [-0.39, 0.29) is 6.71 Å². The molecule has 3 heteroatoms. The quantitative estimate of drug-likeness (QED) is 0.131. The molecule has 2 heterocycles.